The third-order valence-electron chi connectivity index (χ3n) is 4.62. The highest BCUT2D eigenvalue weighted by atomic mass is 16.3. The molecule has 0 radical (unpaired) electrons. The number of amides is 1. The molecule has 0 aliphatic carbocycles. The summed E-state index contributed by atoms with van der Waals surface area (Å²) in [6.45, 7) is 2.61. The van der Waals surface area contributed by atoms with Crippen molar-refractivity contribution in [2.24, 2.45) is 7.05 Å². The zero-order valence-corrected chi connectivity index (χ0v) is 15.7. The molecular weight excluding hydrogens is 356 g/mol. The van der Waals surface area contributed by atoms with Crippen LogP contribution in [0.2, 0.25) is 0 Å². The standard InChI is InChI=1S/C22H20N2O4/c1-15-5-7-20-17(10-15)11-19(28-20)14-24(13-18-4-3-9-27-18)22(26)16-6-8-21(25)23(2)12-16/h3-12H,13-14H2,1-2H3. The molecule has 0 aliphatic rings. The number of aryl methyl sites for hydroxylation is 2. The number of rotatable bonds is 5. The lowest BCUT2D eigenvalue weighted by Crippen LogP contribution is -2.31. The lowest BCUT2D eigenvalue weighted by molar-refractivity contribution is 0.0705. The summed E-state index contributed by atoms with van der Waals surface area (Å²) in [7, 11) is 1.62. The molecule has 0 atom stereocenters. The summed E-state index contributed by atoms with van der Waals surface area (Å²) in [6, 6.07) is 14.5. The maximum atomic E-state index is 13.1. The van der Waals surface area contributed by atoms with Gasteiger partial charge in [-0.1, -0.05) is 11.6 Å². The number of furan rings is 2. The Balaban J connectivity index is 1.66. The van der Waals surface area contributed by atoms with Crippen LogP contribution in [0.4, 0.5) is 0 Å². The Morgan fingerprint density at radius 2 is 1.89 bits per heavy atom. The Labute approximate surface area is 161 Å². The maximum Gasteiger partial charge on any atom is 0.256 e. The molecule has 1 aromatic carbocycles. The average Bonchev–Trinajstić information content (AvgIpc) is 3.31. The first-order valence-electron chi connectivity index (χ1n) is 8.97. The van der Waals surface area contributed by atoms with Crippen molar-refractivity contribution in [2.45, 2.75) is 20.0 Å². The van der Waals surface area contributed by atoms with E-state index in [2.05, 4.69) is 0 Å². The summed E-state index contributed by atoms with van der Waals surface area (Å²) < 4.78 is 12.7. The van der Waals surface area contributed by atoms with Crippen LogP contribution in [0.1, 0.15) is 27.4 Å². The van der Waals surface area contributed by atoms with Crippen LogP contribution >= 0.6 is 0 Å². The van der Waals surface area contributed by atoms with Gasteiger partial charge in [-0.05, 0) is 43.3 Å². The van der Waals surface area contributed by atoms with Crippen LogP contribution in [0, 0.1) is 6.92 Å². The van der Waals surface area contributed by atoms with Crippen molar-refractivity contribution in [2.75, 3.05) is 0 Å². The Morgan fingerprint density at radius 1 is 1.07 bits per heavy atom. The average molecular weight is 376 g/mol. The molecule has 0 fully saturated rings. The van der Waals surface area contributed by atoms with Crippen molar-refractivity contribution in [3.63, 3.8) is 0 Å². The van der Waals surface area contributed by atoms with Crippen LogP contribution in [-0.2, 0) is 20.1 Å². The van der Waals surface area contributed by atoms with E-state index >= 15 is 0 Å². The number of aromatic nitrogens is 1. The number of nitrogens with zero attached hydrogens (tertiary/aromatic N) is 2. The SMILES string of the molecule is Cc1ccc2oc(CN(Cc3ccco3)C(=O)c3ccc(=O)n(C)c3)cc2c1. The van der Waals surface area contributed by atoms with Crippen LogP contribution in [0.15, 0.2) is 74.6 Å². The van der Waals surface area contributed by atoms with Gasteiger partial charge < -0.3 is 18.3 Å². The number of carbonyl (C=O) groups is 1. The van der Waals surface area contributed by atoms with Crippen molar-refractivity contribution in [1.29, 1.82) is 0 Å². The Morgan fingerprint density at radius 3 is 2.64 bits per heavy atom. The number of fused-ring (bicyclic) bond motifs is 1. The molecular formula is C22H20N2O4. The van der Waals surface area contributed by atoms with Crippen molar-refractivity contribution >= 4 is 16.9 Å². The Kier molecular flexibility index (Phi) is 4.61. The molecule has 4 aromatic rings. The number of carbonyl (C=O) groups excluding carboxylic acids is 1. The number of hydrogen-bond donors (Lipinski definition) is 0. The number of hydrogen-bond acceptors (Lipinski definition) is 4. The molecule has 0 saturated carbocycles. The van der Waals surface area contributed by atoms with E-state index in [0.29, 0.717) is 23.6 Å². The zero-order chi connectivity index (χ0) is 19.7. The van der Waals surface area contributed by atoms with Gasteiger partial charge in [0, 0.05) is 24.7 Å². The molecule has 6 heteroatoms. The molecule has 4 rings (SSSR count). The van der Waals surface area contributed by atoms with Crippen LogP contribution in [0.3, 0.4) is 0 Å². The largest absolute Gasteiger partial charge is 0.467 e. The molecule has 6 nitrogen and oxygen atoms in total. The van der Waals surface area contributed by atoms with Gasteiger partial charge in [-0.2, -0.15) is 0 Å². The highest BCUT2D eigenvalue weighted by Gasteiger charge is 2.20. The van der Waals surface area contributed by atoms with Crippen molar-refractivity contribution in [1.82, 2.24) is 9.47 Å². The Hall–Kier alpha value is -3.54. The molecule has 3 aromatic heterocycles. The fourth-order valence-electron chi connectivity index (χ4n) is 3.18. The van der Waals surface area contributed by atoms with Gasteiger partial charge in [0.1, 0.15) is 17.1 Å². The van der Waals surface area contributed by atoms with Crippen LogP contribution in [0.5, 0.6) is 0 Å². The Bertz CT molecular complexity index is 1180. The summed E-state index contributed by atoms with van der Waals surface area (Å²) in [5, 5.41) is 1.00. The minimum Gasteiger partial charge on any atom is -0.467 e. The minimum atomic E-state index is -0.205. The van der Waals surface area contributed by atoms with E-state index < -0.39 is 0 Å². The minimum absolute atomic E-state index is 0.165. The molecule has 0 aliphatic heterocycles. The first-order chi connectivity index (χ1) is 13.5. The second kappa shape index (κ2) is 7.23. The van der Waals surface area contributed by atoms with Crippen LogP contribution in [-0.4, -0.2) is 15.4 Å². The van der Waals surface area contributed by atoms with E-state index in [1.807, 2.05) is 37.3 Å². The van der Waals surface area contributed by atoms with E-state index in [-0.39, 0.29) is 18.0 Å². The van der Waals surface area contributed by atoms with Crippen molar-refractivity contribution in [3.8, 4) is 0 Å². The molecule has 0 saturated heterocycles. The lowest BCUT2D eigenvalue weighted by atomic mass is 10.2. The van der Waals surface area contributed by atoms with Crippen molar-refractivity contribution in [3.05, 3.63) is 94.0 Å². The van der Waals surface area contributed by atoms with Crippen LogP contribution < -0.4 is 5.56 Å². The first-order valence-corrected chi connectivity index (χ1v) is 8.97. The van der Waals surface area contributed by atoms with Gasteiger partial charge in [-0.25, -0.2) is 0 Å². The van der Waals surface area contributed by atoms with Gasteiger partial charge in [0.2, 0.25) is 5.56 Å². The van der Waals surface area contributed by atoms with E-state index in [0.717, 1.165) is 16.5 Å². The smallest absolute Gasteiger partial charge is 0.256 e. The molecule has 0 N–H and O–H groups in total. The van der Waals surface area contributed by atoms with E-state index in [4.69, 9.17) is 8.83 Å². The second-order valence-electron chi connectivity index (χ2n) is 6.86. The lowest BCUT2D eigenvalue weighted by Gasteiger charge is -2.21. The number of pyridine rings is 1. The van der Waals surface area contributed by atoms with Gasteiger partial charge in [0.15, 0.2) is 0 Å². The van der Waals surface area contributed by atoms with Gasteiger partial charge in [-0.3, -0.25) is 9.59 Å². The van der Waals surface area contributed by atoms with Gasteiger partial charge in [-0.15, -0.1) is 0 Å². The molecule has 0 unspecified atom stereocenters. The fourth-order valence-corrected chi connectivity index (χ4v) is 3.18. The van der Waals surface area contributed by atoms with Gasteiger partial charge >= 0.3 is 0 Å². The van der Waals surface area contributed by atoms with E-state index in [1.54, 1.807) is 36.5 Å². The number of benzene rings is 1. The molecule has 1 amide bonds. The quantitative estimate of drug-likeness (QED) is 0.530. The summed E-state index contributed by atoms with van der Waals surface area (Å²) in [4.78, 5) is 26.4. The molecule has 3 heterocycles. The highest BCUT2D eigenvalue weighted by molar-refractivity contribution is 5.93. The molecule has 0 spiro atoms. The van der Waals surface area contributed by atoms with Crippen LogP contribution in [0.25, 0.3) is 11.0 Å². The normalized spacial score (nSPS) is 11.1. The first kappa shape index (κ1) is 17.9. The third-order valence-corrected chi connectivity index (χ3v) is 4.62. The van der Waals surface area contributed by atoms with Crippen molar-refractivity contribution < 1.29 is 13.6 Å². The molecule has 142 valence electrons. The zero-order valence-electron chi connectivity index (χ0n) is 15.7. The van der Waals surface area contributed by atoms with E-state index in [1.165, 1.54) is 10.6 Å². The predicted molar refractivity (Wildman–Crippen MR) is 105 cm³/mol. The summed E-state index contributed by atoms with van der Waals surface area (Å²) in [5.74, 6) is 1.15. The monoisotopic (exact) mass is 376 g/mol. The summed E-state index contributed by atoms with van der Waals surface area (Å²) in [6.07, 6.45) is 3.12. The van der Waals surface area contributed by atoms with Gasteiger partial charge in [0.05, 0.1) is 24.9 Å². The second-order valence-corrected chi connectivity index (χ2v) is 6.86. The molecule has 0 bridgehead atoms. The topological polar surface area (TPSA) is 68.6 Å². The predicted octanol–water partition coefficient (Wildman–Crippen LogP) is 3.88. The highest BCUT2D eigenvalue weighted by Crippen LogP contribution is 2.23. The molecule has 28 heavy (non-hydrogen) atoms. The third kappa shape index (κ3) is 3.62. The maximum absolute atomic E-state index is 13.1. The summed E-state index contributed by atoms with van der Waals surface area (Å²) in [5.41, 5.74) is 2.20. The fraction of sp³-hybridized carbons (Fsp3) is 0.182. The summed E-state index contributed by atoms with van der Waals surface area (Å²) >= 11 is 0. The van der Waals surface area contributed by atoms with Gasteiger partial charge in [0.25, 0.3) is 5.91 Å². The van der Waals surface area contributed by atoms with E-state index in [9.17, 15) is 9.59 Å².